The third-order valence-electron chi connectivity index (χ3n) is 2.16. The predicted octanol–water partition coefficient (Wildman–Crippen LogP) is 0.738. The second kappa shape index (κ2) is 4.69. The Morgan fingerprint density at radius 3 is 2.50 bits per heavy atom. The van der Waals surface area contributed by atoms with E-state index < -0.39 is 0 Å². The highest BCUT2D eigenvalue weighted by Crippen LogP contribution is 2.16. The lowest BCUT2D eigenvalue weighted by Gasteiger charge is -2.10. The van der Waals surface area contributed by atoms with Crippen molar-refractivity contribution in [2.75, 3.05) is 20.1 Å². The van der Waals surface area contributed by atoms with Crippen molar-refractivity contribution >= 4 is 0 Å². The molecule has 0 saturated heterocycles. The number of rotatable bonds is 4. The van der Waals surface area contributed by atoms with Crippen molar-refractivity contribution < 1.29 is 0 Å². The molecule has 2 heteroatoms. The molecule has 0 atom stereocenters. The van der Waals surface area contributed by atoms with E-state index in [1.54, 1.807) is 0 Å². The summed E-state index contributed by atoms with van der Waals surface area (Å²) in [5, 5.41) is 6.65. The van der Waals surface area contributed by atoms with Gasteiger partial charge in [0.2, 0.25) is 0 Å². The highest BCUT2D eigenvalue weighted by molar-refractivity contribution is 4.73. The van der Waals surface area contributed by atoms with Crippen molar-refractivity contribution in [3.63, 3.8) is 0 Å². The van der Waals surface area contributed by atoms with E-state index in [0.717, 1.165) is 19.1 Å². The topological polar surface area (TPSA) is 24.1 Å². The zero-order valence-corrected chi connectivity index (χ0v) is 6.82. The summed E-state index contributed by atoms with van der Waals surface area (Å²) in [4.78, 5) is 0. The molecule has 0 aliphatic heterocycles. The van der Waals surface area contributed by atoms with Gasteiger partial charge in [-0.2, -0.15) is 0 Å². The molecule has 1 rings (SSSR count). The van der Waals surface area contributed by atoms with Crippen LogP contribution in [0.15, 0.2) is 0 Å². The van der Waals surface area contributed by atoms with E-state index in [9.17, 15) is 0 Å². The molecule has 0 heterocycles. The minimum absolute atomic E-state index is 0.827. The van der Waals surface area contributed by atoms with Crippen molar-refractivity contribution in [2.24, 2.45) is 0 Å². The van der Waals surface area contributed by atoms with Crippen LogP contribution in [-0.2, 0) is 0 Å². The van der Waals surface area contributed by atoms with Gasteiger partial charge in [0.05, 0.1) is 0 Å². The standard InChI is InChI=1S/C8H18N2/c1-9-6-7-10-8-4-2-3-5-8/h8-10H,2-7H2,1H3. The quantitative estimate of drug-likeness (QED) is 0.566. The van der Waals surface area contributed by atoms with Gasteiger partial charge in [-0.15, -0.1) is 0 Å². The number of nitrogens with one attached hydrogen (secondary N) is 2. The van der Waals surface area contributed by atoms with Crippen LogP contribution in [0.1, 0.15) is 25.7 Å². The van der Waals surface area contributed by atoms with Crippen LogP contribution in [0.25, 0.3) is 0 Å². The van der Waals surface area contributed by atoms with Crippen LogP contribution < -0.4 is 10.6 Å². The summed E-state index contributed by atoms with van der Waals surface area (Å²) < 4.78 is 0. The van der Waals surface area contributed by atoms with Crippen LogP contribution >= 0.6 is 0 Å². The van der Waals surface area contributed by atoms with Crippen LogP contribution in [0.3, 0.4) is 0 Å². The molecule has 2 nitrogen and oxygen atoms in total. The van der Waals surface area contributed by atoms with E-state index in [1.165, 1.54) is 25.7 Å². The minimum atomic E-state index is 0.827. The van der Waals surface area contributed by atoms with E-state index >= 15 is 0 Å². The first-order chi connectivity index (χ1) is 4.93. The van der Waals surface area contributed by atoms with Crippen molar-refractivity contribution in [2.45, 2.75) is 31.7 Å². The lowest BCUT2D eigenvalue weighted by atomic mass is 10.2. The van der Waals surface area contributed by atoms with Crippen molar-refractivity contribution in [3.05, 3.63) is 0 Å². The number of hydrogen-bond acceptors (Lipinski definition) is 2. The molecule has 0 aromatic rings. The van der Waals surface area contributed by atoms with E-state index in [4.69, 9.17) is 0 Å². The van der Waals surface area contributed by atoms with E-state index in [-0.39, 0.29) is 0 Å². The Hall–Kier alpha value is -0.0800. The molecule has 2 N–H and O–H groups in total. The fourth-order valence-electron chi connectivity index (χ4n) is 1.53. The smallest absolute Gasteiger partial charge is 0.00792 e. The Morgan fingerprint density at radius 1 is 1.20 bits per heavy atom. The fourth-order valence-corrected chi connectivity index (χ4v) is 1.53. The van der Waals surface area contributed by atoms with Gasteiger partial charge in [-0.25, -0.2) is 0 Å². The van der Waals surface area contributed by atoms with Crippen molar-refractivity contribution in [1.29, 1.82) is 0 Å². The second-order valence-corrected chi connectivity index (χ2v) is 3.04. The molecular formula is C8H18N2. The molecule has 0 aromatic heterocycles. The zero-order valence-electron chi connectivity index (χ0n) is 6.82. The third kappa shape index (κ3) is 2.67. The van der Waals surface area contributed by atoms with E-state index in [0.29, 0.717) is 0 Å². The molecule has 10 heavy (non-hydrogen) atoms. The van der Waals surface area contributed by atoms with Gasteiger partial charge in [-0.1, -0.05) is 12.8 Å². The Kier molecular flexibility index (Phi) is 3.76. The molecule has 1 aliphatic rings. The average Bonchev–Trinajstić information content (AvgIpc) is 2.41. The summed E-state index contributed by atoms with van der Waals surface area (Å²) >= 11 is 0. The zero-order chi connectivity index (χ0) is 7.23. The molecule has 1 fully saturated rings. The molecule has 0 amide bonds. The molecule has 0 radical (unpaired) electrons. The highest BCUT2D eigenvalue weighted by Gasteiger charge is 2.12. The van der Waals surface area contributed by atoms with Crippen LogP contribution in [0.2, 0.25) is 0 Å². The van der Waals surface area contributed by atoms with Gasteiger partial charge in [0.1, 0.15) is 0 Å². The maximum Gasteiger partial charge on any atom is 0.00792 e. The summed E-state index contributed by atoms with van der Waals surface area (Å²) in [7, 11) is 2.00. The summed E-state index contributed by atoms with van der Waals surface area (Å²) in [6.07, 6.45) is 5.64. The van der Waals surface area contributed by atoms with Gasteiger partial charge in [-0.3, -0.25) is 0 Å². The maximum atomic E-state index is 3.52. The SMILES string of the molecule is CNCCNC1CCCC1. The largest absolute Gasteiger partial charge is 0.318 e. The van der Waals surface area contributed by atoms with Gasteiger partial charge in [0.25, 0.3) is 0 Å². The monoisotopic (exact) mass is 142 g/mol. The fraction of sp³-hybridized carbons (Fsp3) is 1.00. The first kappa shape index (κ1) is 8.02. The van der Waals surface area contributed by atoms with Gasteiger partial charge in [0.15, 0.2) is 0 Å². The van der Waals surface area contributed by atoms with Gasteiger partial charge in [-0.05, 0) is 19.9 Å². The summed E-state index contributed by atoms with van der Waals surface area (Å²) in [5.41, 5.74) is 0. The molecule has 1 saturated carbocycles. The molecular weight excluding hydrogens is 124 g/mol. The first-order valence-electron chi connectivity index (χ1n) is 4.31. The van der Waals surface area contributed by atoms with Gasteiger partial charge in [0, 0.05) is 19.1 Å². The van der Waals surface area contributed by atoms with Gasteiger partial charge < -0.3 is 10.6 Å². The number of hydrogen-bond donors (Lipinski definition) is 2. The first-order valence-corrected chi connectivity index (χ1v) is 4.31. The third-order valence-corrected chi connectivity index (χ3v) is 2.16. The Bertz CT molecular complexity index is 77.3. The molecule has 0 bridgehead atoms. The van der Waals surface area contributed by atoms with Crippen molar-refractivity contribution in [1.82, 2.24) is 10.6 Å². The normalized spacial score (nSPS) is 20.1. The molecule has 60 valence electrons. The summed E-state index contributed by atoms with van der Waals surface area (Å²) in [6.45, 7) is 2.22. The Morgan fingerprint density at radius 2 is 1.90 bits per heavy atom. The van der Waals surface area contributed by atoms with Crippen molar-refractivity contribution in [3.8, 4) is 0 Å². The Balaban J connectivity index is 1.91. The summed E-state index contributed by atoms with van der Waals surface area (Å²) in [6, 6.07) is 0.827. The Labute approximate surface area is 63.4 Å². The molecule has 1 aliphatic carbocycles. The highest BCUT2D eigenvalue weighted by atomic mass is 15.0. The van der Waals surface area contributed by atoms with Crippen LogP contribution in [0.5, 0.6) is 0 Å². The van der Waals surface area contributed by atoms with Crippen LogP contribution in [-0.4, -0.2) is 26.2 Å². The molecule has 0 aromatic carbocycles. The minimum Gasteiger partial charge on any atom is -0.318 e. The maximum absolute atomic E-state index is 3.52. The lowest BCUT2D eigenvalue weighted by Crippen LogP contribution is -2.32. The van der Waals surface area contributed by atoms with Gasteiger partial charge >= 0.3 is 0 Å². The molecule has 0 unspecified atom stereocenters. The van der Waals surface area contributed by atoms with Crippen LogP contribution in [0, 0.1) is 0 Å². The average molecular weight is 142 g/mol. The number of likely N-dealkylation sites (N-methyl/N-ethyl adjacent to an activating group) is 1. The predicted molar refractivity (Wildman–Crippen MR) is 44.2 cm³/mol. The lowest BCUT2D eigenvalue weighted by molar-refractivity contribution is 0.519. The van der Waals surface area contributed by atoms with E-state index in [1.807, 2.05) is 7.05 Å². The molecule has 0 spiro atoms. The summed E-state index contributed by atoms with van der Waals surface area (Å²) in [5.74, 6) is 0. The van der Waals surface area contributed by atoms with Crippen LogP contribution in [0.4, 0.5) is 0 Å². The second-order valence-electron chi connectivity index (χ2n) is 3.04. The van der Waals surface area contributed by atoms with E-state index in [2.05, 4.69) is 10.6 Å².